The van der Waals surface area contributed by atoms with Crippen molar-refractivity contribution >= 4 is 16.6 Å². The van der Waals surface area contributed by atoms with Crippen LogP contribution in [0.15, 0.2) is 42.6 Å². The van der Waals surface area contributed by atoms with Crippen LogP contribution in [0.5, 0.6) is 5.75 Å². The number of likely N-dealkylation sites (tertiary alicyclic amines) is 1. The molecule has 0 unspecified atom stereocenters. The summed E-state index contributed by atoms with van der Waals surface area (Å²) in [5.74, 6) is 0.337. The first-order chi connectivity index (χ1) is 15.4. The Morgan fingerprint density at radius 1 is 1.09 bits per heavy atom. The Kier molecular flexibility index (Phi) is 5.27. The highest BCUT2D eigenvalue weighted by Gasteiger charge is 2.25. The summed E-state index contributed by atoms with van der Waals surface area (Å²) in [6.07, 6.45) is 2.91. The Hall–Kier alpha value is -3.10. The summed E-state index contributed by atoms with van der Waals surface area (Å²) in [7, 11) is 0. The fourth-order valence-electron chi connectivity index (χ4n) is 4.32. The SMILES string of the molecule is CC(C)Oc1c(F)ccc2ccc(-c3nnc4ccc([C@H](C)N5CC[C@H](N)C5)cn34)nc12. The summed E-state index contributed by atoms with van der Waals surface area (Å²) >= 11 is 0. The number of pyridine rings is 2. The molecule has 0 aliphatic carbocycles. The monoisotopic (exact) mass is 434 g/mol. The van der Waals surface area contributed by atoms with Crippen molar-refractivity contribution in [1.82, 2.24) is 24.5 Å². The van der Waals surface area contributed by atoms with Gasteiger partial charge in [-0.25, -0.2) is 9.37 Å². The van der Waals surface area contributed by atoms with Crippen molar-refractivity contribution in [2.75, 3.05) is 13.1 Å². The molecular weight excluding hydrogens is 407 g/mol. The predicted molar refractivity (Wildman–Crippen MR) is 122 cm³/mol. The number of nitrogens with zero attached hydrogens (tertiary/aromatic N) is 5. The first-order valence-electron chi connectivity index (χ1n) is 11.0. The van der Waals surface area contributed by atoms with Crippen molar-refractivity contribution in [2.24, 2.45) is 5.73 Å². The van der Waals surface area contributed by atoms with Gasteiger partial charge in [0.1, 0.15) is 11.2 Å². The van der Waals surface area contributed by atoms with Gasteiger partial charge in [0.2, 0.25) is 0 Å². The van der Waals surface area contributed by atoms with Crippen LogP contribution >= 0.6 is 0 Å². The summed E-state index contributed by atoms with van der Waals surface area (Å²) in [6, 6.07) is 11.4. The van der Waals surface area contributed by atoms with E-state index in [1.165, 1.54) is 6.07 Å². The zero-order chi connectivity index (χ0) is 22.4. The van der Waals surface area contributed by atoms with Gasteiger partial charge in [-0.15, -0.1) is 10.2 Å². The summed E-state index contributed by atoms with van der Waals surface area (Å²) in [5, 5.41) is 9.49. The van der Waals surface area contributed by atoms with Gasteiger partial charge >= 0.3 is 0 Å². The molecular formula is C24H27FN6O. The van der Waals surface area contributed by atoms with Gasteiger partial charge < -0.3 is 10.5 Å². The van der Waals surface area contributed by atoms with E-state index in [1.807, 2.05) is 36.4 Å². The molecule has 0 radical (unpaired) electrons. The van der Waals surface area contributed by atoms with E-state index in [0.29, 0.717) is 17.0 Å². The number of halogens is 1. The van der Waals surface area contributed by atoms with E-state index in [0.717, 1.165) is 36.1 Å². The van der Waals surface area contributed by atoms with Gasteiger partial charge in [-0.1, -0.05) is 12.1 Å². The van der Waals surface area contributed by atoms with E-state index in [1.54, 1.807) is 6.07 Å². The van der Waals surface area contributed by atoms with Gasteiger partial charge in [0.15, 0.2) is 23.0 Å². The lowest BCUT2D eigenvalue weighted by Crippen LogP contribution is -2.28. The molecule has 2 N–H and O–H groups in total. The quantitative estimate of drug-likeness (QED) is 0.512. The molecule has 1 fully saturated rings. The number of benzene rings is 1. The fraction of sp³-hybridized carbons (Fsp3) is 0.375. The summed E-state index contributed by atoms with van der Waals surface area (Å²) in [4.78, 5) is 7.12. The lowest BCUT2D eigenvalue weighted by molar-refractivity contribution is 0.234. The minimum absolute atomic E-state index is 0.160. The Balaban J connectivity index is 1.58. The summed E-state index contributed by atoms with van der Waals surface area (Å²) < 4.78 is 22.2. The van der Waals surface area contributed by atoms with Crippen molar-refractivity contribution in [3.8, 4) is 17.3 Å². The number of rotatable bonds is 5. The number of nitrogens with two attached hydrogens (primary N) is 1. The van der Waals surface area contributed by atoms with Crippen molar-refractivity contribution in [2.45, 2.75) is 45.4 Å². The molecule has 3 aromatic heterocycles. The highest BCUT2D eigenvalue weighted by atomic mass is 19.1. The topological polar surface area (TPSA) is 81.6 Å². The molecule has 32 heavy (non-hydrogen) atoms. The number of ether oxygens (including phenoxy) is 1. The molecule has 1 aliphatic rings. The molecule has 1 aliphatic heterocycles. The van der Waals surface area contributed by atoms with E-state index >= 15 is 0 Å². The minimum Gasteiger partial charge on any atom is -0.486 e. The van der Waals surface area contributed by atoms with Crippen molar-refractivity contribution < 1.29 is 9.13 Å². The number of aromatic nitrogens is 4. The maximum Gasteiger partial charge on any atom is 0.187 e. The molecule has 0 saturated carbocycles. The first-order valence-corrected chi connectivity index (χ1v) is 11.0. The third-order valence-corrected chi connectivity index (χ3v) is 6.06. The Bertz CT molecular complexity index is 1290. The van der Waals surface area contributed by atoms with E-state index < -0.39 is 5.82 Å². The zero-order valence-electron chi connectivity index (χ0n) is 18.5. The van der Waals surface area contributed by atoms with Crippen molar-refractivity contribution in [3.05, 3.63) is 54.0 Å². The third kappa shape index (κ3) is 3.69. The first kappa shape index (κ1) is 20.8. The number of fused-ring (bicyclic) bond motifs is 2. The maximum absolute atomic E-state index is 14.5. The summed E-state index contributed by atoms with van der Waals surface area (Å²) in [6.45, 7) is 7.81. The second-order valence-corrected chi connectivity index (χ2v) is 8.75. The smallest absolute Gasteiger partial charge is 0.187 e. The second kappa shape index (κ2) is 8.11. The predicted octanol–water partition coefficient (Wildman–Crippen LogP) is 3.96. The van der Waals surface area contributed by atoms with Crippen LogP contribution in [0.25, 0.3) is 28.1 Å². The van der Waals surface area contributed by atoms with Crippen molar-refractivity contribution in [1.29, 1.82) is 0 Å². The average Bonchev–Trinajstić information content (AvgIpc) is 3.40. The number of hydrogen-bond donors (Lipinski definition) is 1. The Morgan fingerprint density at radius 2 is 1.91 bits per heavy atom. The highest BCUT2D eigenvalue weighted by molar-refractivity contribution is 5.86. The van der Waals surface area contributed by atoms with Gasteiger partial charge in [-0.05, 0) is 57.0 Å². The largest absolute Gasteiger partial charge is 0.486 e. The average molecular weight is 435 g/mol. The van der Waals surface area contributed by atoms with E-state index in [4.69, 9.17) is 15.5 Å². The Morgan fingerprint density at radius 3 is 2.66 bits per heavy atom. The lowest BCUT2D eigenvalue weighted by Gasteiger charge is -2.24. The molecule has 7 nitrogen and oxygen atoms in total. The van der Waals surface area contributed by atoms with Crippen LogP contribution in [-0.2, 0) is 0 Å². The van der Waals surface area contributed by atoms with Crippen LogP contribution < -0.4 is 10.5 Å². The molecule has 4 aromatic rings. The minimum atomic E-state index is -0.429. The van der Waals surface area contributed by atoms with E-state index in [2.05, 4.69) is 34.3 Å². The van der Waals surface area contributed by atoms with Gasteiger partial charge in [0, 0.05) is 36.8 Å². The van der Waals surface area contributed by atoms with Crippen LogP contribution in [0.2, 0.25) is 0 Å². The molecule has 166 valence electrons. The van der Waals surface area contributed by atoms with Crippen LogP contribution in [0, 0.1) is 5.82 Å². The van der Waals surface area contributed by atoms with E-state index in [9.17, 15) is 4.39 Å². The molecule has 5 rings (SSSR count). The molecule has 1 aromatic carbocycles. The van der Waals surface area contributed by atoms with Gasteiger partial charge in [0.25, 0.3) is 0 Å². The fourth-order valence-corrected chi connectivity index (χ4v) is 4.32. The highest BCUT2D eigenvalue weighted by Crippen LogP contribution is 2.31. The normalized spacial score (nSPS) is 18.1. The maximum atomic E-state index is 14.5. The molecule has 0 amide bonds. The third-order valence-electron chi connectivity index (χ3n) is 6.06. The van der Waals surface area contributed by atoms with Gasteiger partial charge in [0.05, 0.1) is 6.10 Å². The zero-order valence-corrected chi connectivity index (χ0v) is 18.5. The van der Waals surface area contributed by atoms with Crippen LogP contribution in [-0.4, -0.2) is 49.7 Å². The molecule has 1 saturated heterocycles. The molecule has 0 bridgehead atoms. The summed E-state index contributed by atoms with van der Waals surface area (Å²) in [5.41, 5.74) is 9.07. The lowest BCUT2D eigenvalue weighted by atomic mass is 10.1. The molecule has 8 heteroatoms. The van der Waals surface area contributed by atoms with Gasteiger partial charge in [-0.3, -0.25) is 9.30 Å². The second-order valence-electron chi connectivity index (χ2n) is 8.75. The standard InChI is InChI=1S/C24H27FN6O/c1-14(2)32-23-19(25)7-4-16-5-8-20(27-22(16)23)24-29-28-21-9-6-17(12-31(21)24)15(3)30-11-10-18(26)13-30/h4-9,12,14-15,18H,10-11,13,26H2,1-3H3/t15-,18-/m0/s1. The van der Waals surface area contributed by atoms with Crippen LogP contribution in [0.3, 0.4) is 0 Å². The number of hydrogen-bond acceptors (Lipinski definition) is 6. The van der Waals surface area contributed by atoms with Crippen LogP contribution in [0.4, 0.5) is 4.39 Å². The van der Waals surface area contributed by atoms with Gasteiger partial charge in [-0.2, -0.15) is 0 Å². The molecule has 0 spiro atoms. The van der Waals surface area contributed by atoms with Crippen molar-refractivity contribution in [3.63, 3.8) is 0 Å². The van der Waals surface area contributed by atoms with Crippen LogP contribution in [0.1, 0.15) is 38.8 Å². The molecule has 2 atom stereocenters. The Labute approximate surface area is 186 Å². The molecule has 4 heterocycles. The van der Waals surface area contributed by atoms with E-state index in [-0.39, 0.29) is 23.9 Å².